The Hall–Kier alpha value is -1.56. The Kier molecular flexibility index (Phi) is 4.66. The van der Waals surface area contributed by atoms with Crippen molar-refractivity contribution in [1.29, 1.82) is 0 Å². The molecule has 22 heavy (non-hydrogen) atoms. The van der Waals surface area contributed by atoms with Gasteiger partial charge in [0.1, 0.15) is 5.82 Å². The zero-order chi connectivity index (χ0) is 15.5. The van der Waals surface area contributed by atoms with Crippen molar-refractivity contribution in [1.82, 2.24) is 19.4 Å². The molecule has 2 saturated heterocycles. The van der Waals surface area contributed by atoms with E-state index in [0.717, 1.165) is 45.2 Å². The number of amides is 1. The monoisotopic (exact) mass is 306 g/mol. The molecule has 1 amide bonds. The van der Waals surface area contributed by atoms with Gasteiger partial charge in [-0.05, 0) is 45.2 Å². The molecule has 0 spiro atoms. The van der Waals surface area contributed by atoms with Crippen molar-refractivity contribution in [2.45, 2.75) is 44.1 Å². The highest BCUT2D eigenvalue weighted by Gasteiger charge is 2.29. The highest BCUT2D eigenvalue weighted by Crippen LogP contribution is 2.29. The van der Waals surface area contributed by atoms with Crippen molar-refractivity contribution in [2.24, 2.45) is 7.05 Å². The number of carbonyl (C=O) groups is 1. The van der Waals surface area contributed by atoms with Gasteiger partial charge in [0.2, 0.25) is 0 Å². The molecule has 2 aliphatic heterocycles. The second-order valence-corrected chi connectivity index (χ2v) is 6.56. The van der Waals surface area contributed by atoms with E-state index in [2.05, 4.69) is 21.5 Å². The second kappa shape index (κ2) is 6.69. The van der Waals surface area contributed by atoms with Gasteiger partial charge < -0.3 is 19.5 Å². The Morgan fingerprint density at radius 1 is 1.18 bits per heavy atom. The van der Waals surface area contributed by atoms with Gasteiger partial charge in [-0.3, -0.25) is 0 Å². The van der Waals surface area contributed by atoms with E-state index < -0.39 is 6.09 Å². The quantitative estimate of drug-likeness (QED) is 0.909. The zero-order valence-electron chi connectivity index (χ0n) is 13.3. The molecule has 0 saturated carbocycles. The van der Waals surface area contributed by atoms with E-state index in [9.17, 15) is 4.79 Å². The maximum absolute atomic E-state index is 11.1. The maximum atomic E-state index is 11.1. The molecule has 0 radical (unpaired) electrons. The van der Waals surface area contributed by atoms with Crippen molar-refractivity contribution in [3.05, 3.63) is 18.2 Å². The van der Waals surface area contributed by atoms with Crippen LogP contribution in [-0.2, 0) is 7.05 Å². The third kappa shape index (κ3) is 3.27. The van der Waals surface area contributed by atoms with E-state index in [0.29, 0.717) is 25.0 Å². The van der Waals surface area contributed by atoms with Gasteiger partial charge >= 0.3 is 6.09 Å². The summed E-state index contributed by atoms with van der Waals surface area (Å²) in [7, 11) is 2.07. The summed E-state index contributed by atoms with van der Waals surface area (Å²) in [5.74, 6) is 1.77. The number of hydrogen-bond acceptors (Lipinski definition) is 3. The third-order valence-electron chi connectivity index (χ3n) is 5.24. The Bertz CT molecular complexity index is 508. The lowest BCUT2D eigenvalue weighted by molar-refractivity contribution is 0.130. The summed E-state index contributed by atoms with van der Waals surface area (Å²) in [4.78, 5) is 19.7. The summed E-state index contributed by atoms with van der Waals surface area (Å²) in [6, 6.07) is 0.548. The Balaban J connectivity index is 1.53. The molecule has 6 nitrogen and oxygen atoms in total. The average molecular weight is 306 g/mol. The Morgan fingerprint density at radius 3 is 2.59 bits per heavy atom. The fourth-order valence-corrected chi connectivity index (χ4v) is 3.93. The number of piperidine rings is 1. The van der Waals surface area contributed by atoms with Crippen molar-refractivity contribution in [2.75, 3.05) is 26.2 Å². The molecule has 2 aliphatic rings. The Morgan fingerprint density at radius 2 is 1.95 bits per heavy atom. The van der Waals surface area contributed by atoms with Gasteiger partial charge in [-0.25, -0.2) is 9.78 Å². The lowest BCUT2D eigenvalue weighted by Crippen LogP contribution is -2.42. The smallest absolute Gasteiger partial charge is 0.407 e. The summed E-state index contributed by atoms with van der Waals surface area (Å²) in [6.45, 7) is 3.58. The maximum Gasteiger partial charge on any atom is 0.407 e. The minimum absolute atomic E-state index is 0.548. The molecule has 2 fully saturated rings. The zero-order valence-corrected chi connectivity index (χ0v) is 13.3. The van der Waals surface area contributed by atoms with Crippen LogP contribution in [0.5, 0.6) is 0 Å². The van der Waals surface area contributed by atoms with Crippen LogP contribution in [0.3, 0.4) is 0 Å². The van der Waals surface area contributed by atoms with Crippen LogP contribution in [0, 0.1) is 0 Å². The van der Waals surface area contributed by atoms with Gasteiger partial charge in [0.05, 0.1) is 0 Å². The van der Waals surface area contributed by atoms with Crippen LogP contribution < -0.4 is 0 Å². The molecule has 0 bridgehead atoms. The molecule has 0 aliphatic carbocycles. The normalized spacial score (nSPS) is 25.1. The van der Waals surface area contributed by atoms with E-state index in [4.69, 9.17) is 5.11 Å². The first-order valence-electron chi connectivity index (χ1n) is 8.34. The van der Waals surface area contributed by atoms with Crippen LogP contribution in [0.4, 0.5) is 4.79 Å². The molecule has 3 rings (SSSR count). The van der Waals surface area contributed by atoms with Crippen LogP contribution >= 0.6 is 0 Å². The molecular formula is C16H26N4O2. The largest absolute Gasteiger partial charge is 0.465 e. The highest BCUT2D eigenvalue weighted by molar-refractivity contribution is 5.64. The second-order valence-electron chi connectivity index (χ2n) is 6.56. The van der Waals surface area contributed by atoms with Crippen LogP contribution in [0.25, 0.3) is 0 Å². The van der Waals surface area contributed by atoms with Gasteiger partial charge in [0.25, 0.3) is 0 Å². The predicted molar refractivity (Wildman–Crippen MR) is 84.0 cm³/mol. The lowest BCUT2D eigenvalue weighted by Gasteiger charge is -2.37. The number of rotatable bonds is 2. The van der Waals surface area contributed by atoms with Crippen molar-refractivity contribution >= 4 is 6.09 Å². The van der Waals surface area contributed by atoms with Crippen molar-refractivity contribution < 1.29 is 9.90 Å². The van der Waals surface area contributed by atoms with E-state index in [1.165, 1.54) is 5.82 Å². The van der Waals surface area contributed by atoms with E-state index in [1.54, 1.807) is 4.90 Å². The fraction of sp³-hybridized carbons (Fsp3) is 0.750. The predicted octanol–water partition coefficient (Wildman–Crippen LogP) is 2.13. The first-order chi connectivity index (χ1) is 10.6. The van der Waals surface area contributed by atoms with Gasteiger partial charge in [-0.2, -0.15) is 0 Å². The number of aryl methyl sites for hydroxylation is 1. The highest BCUT2D eigenvalue weighted by atomic mass is 16.4. The summed E-state index contributed by atoms with van der Waals surface area (Å²) in [6.07, 6.45) is 8.52. The summed E-state index contributed by atoms with van der Waals surface area (Å²) < 4.78 is 2.14. The van der Waals surface area contributed by atoms with E-state index in [1.807, 2.05) is 12.4 Å². The minimum atomic E-state index is -0.769. The van der Waals surface area contributed by atoms with Crippen LogP contribution in [0.1, 0.15) is 43.8 Å². The molecule has 122 valence electrons. The molecule has 0 aromatic carbocycles. The molecule has 1 aromatic heterocycles. The summed E-state index contributed by atoms with van der Waals surface area (Å²) in [5, 5.41) is 9.13. The minimum Gasteiger partial charge on any atom is -0.465 e. The Labute approximate surface area is 131 Å². The topological polar surface area (TPSA) is 61.6 Å². The van der Waals surface area contributed by atoms with Crippen LogP contribution in [-0.4, -0.2) is 62.8 Å². The fourth-order valence-electron chi connectivity index (χ4n) is 3.93. The van der Waals surface area contributed by atoms with Crippen molar-refractivity contribution in [3.8, 4) is 0 Å². The molecule has 1 aromatic rings. The molecule has 6 heteroatoms. The summed E-state index contributed by atoms with van der Waals surface area (Å²) >= 11 is 0. The van der Waals surface area contributed by atoms with Gasteiger partial charge in [-0.1, -0.05) is 0 Å². The van der Waals surface area contributed by atoms with E-state index in [-0.39, 0.29) is 0 Å². The van der Waals surface area contributed by atoms with Crippen LogP contribution in [0.2, 0.25) is 0 Å². The molecule has 0 unspecified atom stereocenters. The molecule has 3 heterocycles. The van der Waals surface area contributed by atoms with Gasteiger partial charge in [0, 0.05) is 44.5 Å². The first kappa shape index (κ1) is 15.3. The average Bonchev–Trinajstić information content (AvgIpc) is 2.80. The summed E-state index contributed by atoms with van der Waals surface area (Å²) in [5.41, 5.74) is 0. The number of carboxylic acid groups (broad SMARTS) is 1. The van der Waals surface area contributed by atoms with Crippen molar-refractivity contribution in [3.63, 3.8) is 0 Å². The number of aromatic nitrogens is 2. The van der Waals surface area contributed by atoms with Crippen LogP contribution in [0.15, 0.2) is 12.4 Å². The standard InChI is InChI=1S/C16H26N4O2/c1-18-12-7-17-15(18)13-4-9-19(10-5-13)14-3-2-8-20(11-6-14)16(21)22/h7,12-14H,2-6,8-11H2,1H3,(H,21,22)/t14-/m1/s1. The van der Waals surface area contributed by atoms with Gasteiger partial charge in [0.15, 0.2) is 0 Å². The molecular weight excluding hydrogens is 280 g/mol. The molecule has 1 atom stereocenters. The van der Waals surface area contributed by atoms with E-state index >= 15 is 0 Å². The number of imidazole rings is 1. The third-order valence-corrected chi connectivity index (χ3v) is 5.24. The number of nitrogens with zero attached hydrogens (tertiary/aromatic N) is 4. The number of hydrogen-bond donors (Lipinski definition) is 1. The first-order valence-corrected chi connectivity index (χ1v) is 8.34. The van der Waals surface area contributed by atoms with Gasteiger partial charge in [-0.15, -0.1) is 0 Å². The molecule has 1 N–H and O–H groups in total. The number of likely N-dealkylation sites (tertiary alicyclic amines) is 2. The SMILES string of the molecule is Cn1ccnc1C1CCN([C@@H]2CCCN(C(=O)O)CC2)CC1. The lowest BCUT2D eigenvalue weighted by atomic mass is 9.93.